The quantitative estimate of drug-likeness (QED) is 0.882. The third kappa shape index (κ3) is 3.00. The molecule has 1 N–H and O–H groups in total. The van der Waals surface area contributed by atoms with Crippen LogP contribution in [0.1, 0.15) is 44.0 Å². The van der Waals surface area contributed by atoms with E-state index in [1.54, 1.807) is 0 Å². The van der Waals surface area contributed by atoms with Crippen molar-refractivity contribution in [3.05, 3.63) is 17.7 Å². The summed E-state index contributed by atoms with van der Waals surface area (Å²) >= 11 is 0. The molecule has 3 rings (SSSR count). The predicted molar refractivity (Wildman–Crippen MR) is 75.3 cm³/mol. The molecule has 4 nitrogen and oxygen atoms in total. The van der Waals surface area contributed by atoms with Crippen molar-refractivity contribution in [1.82, 2.24) is 14.9 Å². The summed E-state index contributed by atoms with van der Waals surface area (Å²) in [4.78, 5) is 4.54. The Morgan fingerprint density at radius 3 is 3.16 bits per heavy atom. The number of hydrogen-bond donors (Lipinski definition) is 1. The zero-order valence-corrected chi connectivity index (χ0v) is 11.9. The Bertz CT molecular complexity index is 410. The minimum absolute atomic E-state index is 0.414. The minimum Gasteiger partial charge on any atom is -0.377 e. The Hall–Kier alpha value is -0.870. The van der Waals surface area contributed by atoms with Crippen LogP contribution in [-0.2, 0) is 24.1 Å². The van der Waals surface area contributed by atoms with Gasteiger partial charge in [0, 0.05) is 31.4 Å². The molecule has 1 fully saturated rings. The first kappa shape index (κ1) is 13.1. The molecule has 19 heavy (non-hydrogen) atoms. The average molecular weight is 263 g/mol. The van der Waals surface area contributed by atoms with E-state index >= 15 is 0 Å². The Labute approximate surface area is 115 Å². The predicted octanol–water partition coefficient (Wildman–Crippen LogP) is 1.92. The van der Waals surface area contributed by atoms with Gasteiger partial charge in [-0.15, -0.1) is 0 Å². The van der Waals surface area contributed by atoms with Gasteiger partial charge in [-0.05, 0) is 45.4 Å². The van der Waals surface area contributed by atoms with E-state index < -0.39 is 0 Å². The second-order valence-corrected chi connectivity index (χ2v) is 5.83. The smallest absolute Gasteiger partial charge is 0.0952 e. The second-order valence-electron chi connectivity index (χ2n) is 5.83. The van der Waals surface area contributed by atoms with Crippen LogP contribution in [0.2, 0.25) is 0 Å². The van der Waals surface area contributed by atoms with E-state index in [0.29, 0.717) is 12.1 Å². The third-order valence-corrected chi connectivity index (χ3v) is 4.45. The number of rotatable bonds is 5. The molecule has 1 aromatic rings. The van der Waals surface area contributed by atoms with Gasteiger partial charge in [-0.25, -0.2) is 4.98 Å². The summed E-state index contributed by atoms with van der Waals surface area (Å²) in [6, 6.07) is 0.460. The van der Waals surface area contributed by atoms with Crippen LogP contribution in [0.4, 0.5) is 0 Å². The van der Waals surface area contributed by atoms with Crippen LogP contribution in [0.25, 0.3) is 0 Å². The molecule has 1 saturated heterocycles. The maximum absolute atomic E-state index is 5.71. The van der Waals surface area contributed by atoms with Gasteiger partial charge in [-0.3, -0.25) is 0 Å². The van der Waals surface area contributed by atoms with Crippen molar-refractivity contribution in [2.75, 3.05) is 13.2 Å². The summed E-state index contributed by atoms with van der Waals surface area (Å²) in [6.07, 6.45) is 9.85. The molecule has 0 spiro atoms. The van der Waals surface area contributed by atoms with E-state index in [1.165, 1.54) is 49.9 Å². The zero-order valence-electron chi connectivity index (χ0n) is 11.9. The van der Waals surface area contributed by atoms with Crippen LogP contribution < -0.4 is 5.32 Å². The fourth-order valence-electron chi connectivity index (χ4n) is 3.26. The van der Waals surface area contributed by atoms with Crippen molar-refractivity contribution in [3.8, 4) is 0 Å². The number of nitrogens with one attached hydrogen (secondary N) is 1. The maximum atomic E-state index is 5.71. The van der Waals surface area contributed by atoms with Crippen LogP contribution in [0.5, 0.6) is 0 Å². The third-order valence-electron chi connectivity index (χ3n) is 4.45. The molecule has 0 bridgehead atoms. The number of fused-ring (bicyclic) bond motifs is 1. The lowest BCUT2D eigenvalue weighted by atomic mass is 10.0. The van der Waals surface area contributed by atoms with E-state index in [2.05, 4.69) is 21.8 Å². The van der Waals surface area contributed by atoms with Gasteiger partial charge in [0.2, 0.25) is 0 Å². The molecule has 106 valence electrons. The van der Waals surface area contributed by atoms with E-state index in [9.17, 15) is 0 Å². The molecular weight excluding hydrogens is 238 g/mol. The normalized spacial score (nSPS) is 24.4. The molecule has 4 heteroatoms. The second kappa shape index (κ2) is 6.06. The number of nitrogens with zero attached hydrogens (tertiary/aromatic N) is 2. The van der Waals surface area contributed by atoms with Crippen LogP contribution in [-0.4, -0.2) is 34.8 Å². The number of hydrogen-bond acceptors (Lipinski definition) is 3. The van der Waals surface area contributed by atoms with E-state index in [4.69, 9.17) is 4.74 Å². The molecule has 1 aliphatic heterocycles. The van der Waals surface area contributed by atoms with Crippen molar-refractivity contribution >= 4 is 0 Å². The van der Waals surface area contributed by atoms with Crippen molar-refractivity contribution in [2.45, 2.75) is 64.1 Å². The maximum Gasteiger partial charge on any atom is 0.0952 e. The molecule has 0 saturated carbocycles. The number of aryl methyl sites for hydroxylation is 1. The summed E-state index contributed by atoms with van der Waals surface area (Å²) in [6.45, 7) is 5.20. The molecule has 1 aliphatic carbocycles. The molecule has 0 aromatic carbocycles. The van der Waals surface area contributed by atoms with E-state index in [1.807, 2.05) is 6.33 Å². The molecule has 0 radical (unpaired) electrons. The Morgan fingerprint density at radius 1 is 1.42 bits per heavy atom. The van der Waals surface area contributed by atoms with Gasteiger partial charge in [-0.2, -0.15) is 0 Å². The molecule has 2 unspecified atom stereocenters. The average Bonchev–Trinajstić information content (AvgIpc) is 3.08. The van der Waals surface area contributed by atoms with Gasteiger partial charge >= 0.3 is 0 Å². The Morgan fingerprint density at radius 2 is 2.32 bits per heavy atom. The largest absolute Gasteiger partial charge is 0.377 e. The van der Waals surface area contributed by atoms with Gasteiger partial charge in [-0.1, -0.05) is 0 Å². The Balaban J connectivity index is 1.48. The van der Waals surface area contributed by atoms with Crippen molar-refractivity contribution in [2.24, 2.45) is 0 Å². The fourth-order valence-corrected chi connectivity index (χ4v) is 3.26. The van der Waals surface area contributed by atoms with Crippen molar-refractivity contribution < 1.29 is 4.74 Å². The highest BCUT2D eigenvalue weighted by atomic mass is 16.5. The monoisotopic (exact) mass is 263 g/mol. The lowest BCUT2D eigenvalue weighted by Crippen LogP contribution is -2.38. The number of aromatic nitrogens is 2. The summed E-state index contributed by atoms with van der Waals surface area (Å²) in [5.74, 6) is 0. The highest BCUT2D eigenvalue weighted by Crippen LogP contribution is 2.19. The van der Waals surface area contributed by atoms with Crippen molar-refractivity contribution in [3.63, 3.8) is 0 Å². The summed E-state index contributed by atoms with van der Waals surface area (Å²) < 4.78 is 8.05. The Kier molecular flexibility index (Phi) is 4.18. The summed E-state index contributed by atoms with van der Waals surface area (Å²) in [7, 11) is 0. The lowest BCUT2D eigenvalue weighted by molar-refractivity contribution is 0.0835. The van der Waals surface area contributed by atoms with Gasteiger partial charge in [0.05, 0.1) is 18.1 Å². The molecule has 2 heterocycles. The van der Waals surface area contributed by atoms with Gasteiger partial charge in [0.25, 0.3) is 0 Å². The number of imidazole rings is 1. The van der Waals surface area contributed by atoms with Crippen LogP contribution in [0.3, 0.4) is 0 Å². The first-order valence-corrected chi connectivity index (χ1v) is 7.72. The van der Waals surface area contributed by atoms with Crippen LogP contribution in [0, 0.1) is 0 Å². The lowest BCUT2D eigenvalue weighted by Gasteiger charge is -2.21. The van der Waals surface area contributed by atoms with Crippen LogP contribution >= 0.6 is 0 Å². The highest BCUT2D eigenvalue weighted by molar-refractivity contribution is 5.16. The first-order valence-electron chi connectivity index (χ1n) is 7.72. The summed E-state index contributed by atoms with van der Waals surface area (Å²) in [5, 5.41) is 3.60. The molecule has 2 atom stereocenters. The van der Waals surface area contributed by atoms with Crippen molar-refractivity contribution in [1.29, 1.82) is 0 Å². The first-order chi connectivity index (χ1) is 9.34. The molecular formula is C15H25N3O. The fraction of sp³-hybridized carbons (Fsp3) is 0.800. The van der Waals surface area contributed by atoms with Gasteiger partial charge in [0.1, 0.15) is 0 Å². The molecule has 2 aliphatic rings. The van der Waals surface area contributed by atoms with Gasteiger partial charge < -0.3 is 14.6 Å². The van der Waals surface area contributed by atoms with E-state index in [0.717, 1.165) is 19.7 Å². The minimum atomic E-state index is 0.414. The SMILES string of the molecule is CC(NCCn1cnc2c1CCCC2)C1CCCO1. The number of ether oxygens (including phenoxy) is 1. The molecule has 1 aromatic heterocycles. The topological polar surface area (TPSA) is 39.1 Å². The van der Waals surface area contributed by atoms with Crippen LogP contribution in [0.15, 0.2) is 6.33 Å². The standard InChI is InChI=1S/C15H25N3O/c1-12(15-7-4-10-19-15)16-8-9-18-11-17-13-5-2-3-6-14(13)18/h11-12,15-16H,2-10H2,1H3. The summed E-state index contributed by atoms with van der Waals surface area (Å²) in [5.41, 5.74) is 2.80. The molecule has 0 amide bonds. The highest BCUT2D eigenvalue weighted by Gasteiger charge is 2.21. The van der Waals surface area contributed by atoms with Gasteiger partial charge in [0.15, 0.2) is 0 Å². The zero-order chi connectivity index (χ0) is 13.1. The van der Waals surface area contributed by atoms with E-state index in [-0.39, 0.29) is 0 Å².